The number of benzene rings is 6. The number of halogens is 8. The zero-order chi connectivity index (χ0) is 63.6. The lowest BCUT2D eigenvalue weighted by atomic mass is 9.86. The van der Waals surface area contributed by atoms with Crippen molar-refractivity contribution in [1.82, 2.24) is 20.4 Å². The minimum Gasteiger partial charge on any atom is -0.491 e. The molecular formula is C65H60Cl6F2N6O8S2. The van der Waals surface area contributed by atoms with Crippen LogP contribution in [-0.2, 0) is 22.7 Å². The lowest BCUT2D eigenvalue weighted by molar-refractivity contribution is -0.127. The van der Waals surface area contributed by atoms with E-state index in [1.165, 1.54) is 46.9 Å². The van der Waals surface area contributed by atoms with Gasteiger partial charge in [-0.1, -0.05) is 130 Å². The van der Waals surface area contributed by atoms with Gasteiger partial charge in [0.2, 0.25) is 11.8 Å². The van der Waals surface area contributed by atoms with Crippen molar-refractivity contribution in [2.24, 2.45) is 11.5 Å². The summed E-state index contributed by atoms with van der Waals surface area (Å²) >= 11 is 40.6. The summed E-state index contributed by atoms with van der Waals surface area (Å²) in [6.45, 7) is 1.47. The molecule has 6 aromatic carbocycles. The molecule has 0 saturated carbocycles. The third-order valence-electron chi connectivity index (χ3n) is 15.5. The standard InChI is InChI=1S/C33H31Cl3FN3O4S.C32H29Cl3FN3O4S/c34-22-6-4-21(5-7-22)27-28(44-17-1-16-41)30(45-29(27)25-11-8-23(35)18-26(25)36)31(42)40-14-12-33(13-15-40,32(38)43)39-19-20-2-9-24(37)10-3-20;33-21-5-3-20(4-6-21)26-27(43-16-15-40)29(44-28(26)24-10-7-22(34)17-25(24)35)30(41)39-13-11-32(12-14-39,31(37)42)38-18-19-1-8-23(36)9-2-19/h2-11,18,39,41H,1,12-17,19H2,(H2,38,43);1-10,17,38,40H,11-16,18H2,(H2,37,42). The van der Waals surface area contributed by atoms with E-state index in [1.807, 2.05) is 24.3 Å². The SMILES string of the molecule is NC(=O)C1(NCc2ccc(F)cc2)CCN(C(=O)c2sc(-c3ccc(Cl)cc3Cl)c(-c3ccc(Cl)cc3)c2OCCCO)CC1.NC(=O)C1(NCc2ccc(F)cc2)CCN(C(=O)c2sc(-c3ccc(Cl)cc3Cl)c(-c3ccc(Cl)cc3)c2OCCO)CC1. The number of carbonyl (C=O) groups excluding carboxylic acids is 4. The first-order valence-corrected chi connectivity index (χ1v) is 32.0. The molecule has 8 aromatic rings. The Morgan fingerprint density at radius 3 is 1.20 bits per heavy atom. The van der Waals surface area contributed by atoms with Crippen molar-refractivity contribution in [1.29, 1.82) is 0 Å². The first kappa shape index (κ1) is 67.0. The first-order valence-electron chi connectivity index (χ1n) is 28.1. The molecule has 2 aliphatic heterocycles. The Kier molecular flexibility index (Phi) is 22.7. The zero-order valence-corrected chi connectivity index (χ0v) is 53.7. The van der Waals surface area contributed by atoms with Gasteiger partial charge in [0.1, 0.15) is 39.1 Å². The third-order valence-corrected chi connectivity index (χ3v) is 19.4. The smallest absolute Gasteiger partial charge is 0.267 e. The predicted octanol–water partition coefficient (Wildman–Crippen LogP) is 14.0. The van der Waals surface area contributed by atoms with E-state index in [2.05, 4.69) is 10.6 Å². The molecule has 24 heteroatoms. The summed E-state index contributed by atoms with van der Waals surface area (Å²) in [6.07, 6.45) is 1.52. The normalized spacial score (nSPS) is 14.4. The molecule has 0 bridgehead atoms. The molecule has 0 unspecified atom stereocenters. The number of carbonyl (C=O) groups is 4. The predicted molar refractivity (Wildman–Crippen MR) is 351 cm³/mol. The molecule has 2 aromatic heterocycles. The maximum absolute atomic E-state index is 14.2. The minimum absolute atomic E-state index is 0.0382. The summed E-state index contributed by atoms with van der Waals surface area (Å²) in [5.74, 6) is -1.56. The van der Waals surface area contributed by atoms with Crippen LogP contribution in [0.5, 0.6) is 11.5 Å². The van der Waals surface area contributed by atoms with Crippen LogP contribution in [-0.4, -0.2) is 107 Å². The Balaban J connectivity index is 0.000000211. The number of hydrogen-bond acceptors (Lipinski definition) is 12. The van der Waals surface area contributed by atoms with E-state index in [4.69, 9.17) is 90.5 Å². The maximum Gasteiger partial charge on any atom is 0.267 e. The summed E-state index contributed by atoms with van der Waals surface area (Å²) in [7, 11) is 0. The number of ether oxygens (including phenoxy) is 2. The first-order chi connectivity index (χ1) is 42.7. The Morgan fingerprint density at radius 2 is 0.865 bits per heavy atom. The van der Waals surface area contributed by atoms with E-state index >= 15 is 0 Å². The maximum atomic E-state index is 14.2. The van der Waals surface area contributed by atoms with E-state index < -0.39 is 22.9 Å². The molecule has 2 fully saturated rings. The number of piperidine rings is 2. The number of aliphatic hydroxyl groups excluding tert-OH is 2. The summed E-state index contributed by atoms with van der Waals surface area (Å²) in [5, 5.41) is 28.5. The van der Waals surface area contributed by atoms with Crippen molar-refractivity contribution in [2.45, 2.75) is 56.3 Å². The van der Waals surface area contributed by atoms with Crippen LogP contribution in [0.2, 0.25) is 30.1 Å². The molecule has 0 spiro atoms. The Labute approximate surface area is 551 Å². The number of nitrogens with one attached hydrogen (secondary N) is 2. The molecular weight excluding hydrogens is 1310 g/mol. The molecule has 466 valence electrons. The second-order valence-corrected chi connectivity index (χ2v) is 25.7. The number of hydrogen-bond donors (Lipinski definition) is 6. The second-order valence-electron chi connectivity index (χ2n) is 21.1. The van der Waals surface area contributed by atoms with Crippen LogP contribution >= 0.6 is 92.3 Å². The second kappa shape index (κ2) is 30.2. The fourth-order valence-electron chi connectivity index (χ4n) is 10.5. The molecule has 0 radical (unpaired) electrons. The Bertz CT molecular complexity index is 3830. The zero-order valence-electron chi connectivity index (χ0n) is 47.5. The summed E-state index contributed by atoms with van der Waals surface area (Å²) in [5.41, 5.74) is 15.4. The quantitative estimate of drug-likeness (QED) is 0.0375. The highest BCUT2D eigenvalue weighted by molar-refractivity contribution is 7.19. The highest BCUT2D eigenvalue weighted by Crippen LogP contribution is 2.52. The molecule has 2 aliphatic rings. The van der Waals surface area contributed by atoms with Gasteiger partial charge in [-0.25, -0.2) is 8.78 Å². The van der Waals surface area contributed by atoms with Gasteiger partial charge in [0.15, 0.2) is 11.5 Å². The number of amides is 4. The van der Waals surface area contributed by atoms with Gasteiger partial charge >= 0.3 is 0 Å². The van der Waals surface area contributed by atoms with Gasteiger partial charge in [-0.05, 0) is 121 Å². The average molecular weight is 1370 g/mol. The van der Waals surface area contributed by atoms with Crippen LogP contribution in [0.25, 0.3) is 43.1 Å². The van der Waals surface area contributed by atoms with Crippen LogP contribution in [0, 0.1) is 11.6 Å². The molecule has 4 heterocycles. The molecule has 10 rings (SSSR count). The van der Waals surface area contributed by atoms with E-state index in [0.717, 1.165) is 22.3 Å². The van der Waals surface area contributed by atoms with Crippen LogP contribution in [0.15, 0.2) is 133 Å². The third kappa shape index (κ3) is 15.9. The van der Waals surface area contributed by atoms with E-state index in [1.54, 1.807) is 94.7 Å². The number of likely N-dealkylation sites (tertiary alicyclic amines) is 2. The number of nitrogens with two attached hydrogens (primary N) is 2. The lowest BCUT2D eigenvalue weighted by Gasteiger charge is -2.40. The summed E-state index contributed by atoms with van der Waals surface area (Å²) in [4.78, 5) is 59.1. The number of primary amides is 2. The molecule has 0 atom stereocenters. The summed E-state index contributed by atoms with van der Waals surface area (Å²) in [6, 6.07) is 36.7. The van der Waals surface area contributed by atoms with E-state index in [-0.39, 0.29) is 88.9 Å². The van der Waals surface area contributed by atoms with E-state index in [0.29, 0.717) is 116 Å². The van der Waals surface area contributed by atoms with Gasteiger partial charge in [-0.15, -0.1) is 22.7 Å². The van der Waals surface area contributed by atoms with E-state index in [9.17, 15) is 38.2 Å². The average Bonchev–Trinajstić information content (AvgIpc) is 1.80. The largest absolute Gasteiger partial charge is 0.491 e. The van der Waals surface area contributed by atoms with Crippen LogP contribution in [0.1, 0.15) is 62.6 Å². The molecule has 0 aliphatic carbocycles. The van der Waals surface area contributed by atoms with Gasteiger partial charge < -0.3 is 41.0 Å². The van der Waals surface area contributed by atoms with Crippen LogP contribution in [0.3, 0.4) is 0 Å². The Hall–Kier alpha value is -6.36. The minimum atomic E-state index is -1.03. The fourth-order valence-corrected chi connectivity index (χ4v) is 14.4. The van der Waals surface area contributed by atoms with Gasteiger partial charge in [0.25, 0.3) is 11.8 Å². The lowest BCUT2D eigenvalue weighted by Crippen LogP contribution is -2.61. The van der Waals surface area contributed by atoms with Crippen LogP contribution < -0.4 is 31.6 Å². The van der Waals surface area contributed by atoms with Crippen molar-refractivity contribution >= 4 is 116 Å². The number of nitrogens with zero attached hydrogens (tertiary/aromatic N) is 2. The Morgan fingerprint density at radius 1 is 0.506 bits per heavy atom. The number of thiophene rings is 2. The highest BCUT2D eigenvalue weighted by Gasteiger charge is 2.44. The van der Waals surface area contributed by atoms with Crippen LogP contribution in [0.4, 0.5) is 8.78 Å². The topological polar surface area (TPSA) is 210 Å². The number of aliphatic hydroxyl groups is 2. The molecule has 4 amide bonds. The summed E-state index contributed by atoms with van der Waals surface area (Å²) < 4.78 is 39.0. The van der Waals surface area contributed by atoms with Gasteiger partial charge in [-0.2, -0.15) is 0 Å². The van der Waals surface area contributed by atoms with Crippen molar-refractivity contribution in [3.05, 3.63) is 196 Å². The fraction of sp³-hybridized carbons (Fsp3) is 0.262. The van der Waals surface area contributed by atoms with Gasteiger partial charge in [0.05, 0.1) is 23.3 Å². The van der Waals surface area contributed by atoms with Gasteiger partial charge in [-0.3, -0.25) is 29.8 Å². The van der Waals surface area contributed by atoms with Crippen molar-refractivity contribution < 1.29 is 47.6 Å². The number of rotatable bonds is 21. The highest BCUT2D eigenvalue weighted by atomic mass is 35.5. The van der Waals surface area contributed by atoms with Crippen molar-refractivity contribution in [2.75, 3.05) is 52.6 Å². The molecule has 8 N–H and O–H groups in total. The molecule has 2 saturated heterocycles. The van der Waals surface area contributed by atoms with Gasteiger partial charge in [0, 0.05) is 104 Å². The van der Waals surface area contributed by atoms with Crippen molar-refractivity contribution in [3.63, 3.8) is 0 Å². The van der Waals surface area contributed by atoms with Crippen molar-refractivity contribution in [3.8, 4) is 54.6 Å². The monoisotopic (exact) mass is 1360 g/mol. The molecule has 14 nitrogen and oxygen atoms in total. The molecule has 89 heavy (non-hydrogen) atoms.